The Morgan fingerprint density at radius 3 is 2.96 bits per heavy atom. The molecular weight excluding hydrogens is 406 g/mol. The first-order chi connectivity index (χ1) is 12.1. The van der Waals surface area contributed by atoms with E-state index < -0.39 is 0 Å². The highest BCUT2D eigenvalue weighted by atomic mass is 79.9. The Bertz CT molecular complexity index is 957. The van der Waals surface area contributed by atoms with Gasteiger partial charge in [0.2, 0.25) is 0 Å². The largest absolute Gasteiger partial charge is 0.503 e. The highest BCUT2D eigenvalue weighted by Gasteiger charge is 2.27. The molecule has 1 aliphatic rings. The molecule has 128 valence electrons. The van der Waals surface area contributed by atoms with Gasteiger partial charge in [-0.3, -0.25) is 0 Å². The van der Waals surface area contributed by atoms with Crippen molar-refractivity contribution in [2.24, 2.45) is 0 Å². The quantitative estimate of drug-likeness (QED) is 0.623. The summed E-state index contributed by atoms with van der Waals surface area (Å²) < 4.78 is 8.03. The summed E-state index contributed by atoms with van der Waals surface area (Å²) in [5, 5.41) is 18.8. The molecule has 25 heavy (non-hydrogen) atoms. The van der Waals surface area contributed by atoms with Gasteiger partial charge in [-0.25, -0.2) is 4.68 Å². The lowest BCUT2D eigenvalue weighted by atomic mass is 10.0. The van der Waals surface area contributed by atoms with E-state index in [-0.39, 0.29) is 11.9 Å². The van der Waals surface area contributed by atoms with Gasteiger partial charge >= 0.3 is 0 Å². The highest BCUT2D eigenvalue weighted by Crippen LogP contribution is 2.42. The van der Waals surface area contributed by atoms with Crippen LogP contribution in [0, 0.1) is 0 Å². The lowest BCUT2D eigenvalue weighted by Gasteiger charge is -2.30. The van der Waals surface area contributed by atoms with E-state index >= 15 is 0 Å². The van der Waals surface area contributed by atoms with Crippen LogP contribution in [0.25, 0.3) is 11.3 Å². The predicted octanol–water partition coefficient (Wildman–Crippen LogP) is 5.04. The predicted molar refractivity (Wildman–Crippen MR) is 101 cm³/mol. The standard InChI is InChI=1S/C18H15BrClN3O2/c1-2-25-16-8-10(7-13(19)17(16)24)18-22-14-9-11(20)3-4-12(14)15-5-6-21-23(15)18/h3-9,18,22,24H,2H2,1H3. The number of nitrogens with zero attached hydrogens (tertiary/aromatic N) is 2. The van der Waals surface area contributed by atoms with Crippen molar-refractivity contribution in [2.45, 2.75) is 13.1 Å². The number of hydrogen-bond acceptors (Lipinski definition) is 4. The van der Waals surface area contributed by atoms with Gasteiger partial charge in [-0.15, -0.1) is 0 Å². The van der Waals surface area contributed by atoms with Gasteiger partial charge in [0.15, 0.2) is 11.5 Å². The van der Waals surface area contributed by atoms with E-state index in [1.165, 1.54) is 0 Å². The number of anilines is 1. The van der Waals surface area contributed by atoms with Crippen molar-refractivity contribution in [3.63, 3.8) is 0 Å². The van der Waals surface area contributed by atoms with Gasteiger partial charge in [0.05, 0.1) is 16.8 Å². The maximum atomic E-state index is 10.2. The number of aromatic hydroxyl groups is 1. The van der Waals surface area contributed by atoms with Gasteiger partial charge in [-0.05, 0) is 59.3 Å². The first kappa shape index (κ1) is 16.3. The summed E-state index contributed by atoms with van der Waals surface area (Å²) in [6.45, 7) is 2.34. The molecule has 2 aromatic carbocycles. The minimum Gasteiger partial charge on any atom is -0.503 e. The van der Waals surface area contributed by atoms with E-state index in [1.54, 1.807) is 6.20 Å². The van der Waals surface area contributed by atoms with Gasteiger partial charge in [0, 0.05) is 28.0 Å². The summed E-state index contributed by atoms with van der Waals surface area (Å²) in [4.78, 5) is 0. The average molecular weight is 421 g/mol. The fourth-order valence-corrected chi connectivity index (χ4v) is 3.67. The van der Waals surface area contributed by atoms with Gasteiger partial charge in [-0.2, -0.15) is 5.10 Å². The molecule has 0 saturated carbocycles. The molecule has 2 N–H and O–H groups in total. The van der Waals surface area contributed by atoms with E-state index in [0.29, 0.717) is 21.9 Å². The molecule has 5 nitrogen and oxygen atoms in total. The Labute approximate surface area is 158 Å². The van der Waals surface area contributed by atoms with Crippen LogP contribution in [-0.2, 0) is 0 Å². The van der Waals surface area contributed by atoms with Crippen LogP contribution in [0.5, 0.6) is 11.5 Å². The molecule has 0 radical (unpaired) electrons. The molecular formula is C18H15BrClN3O2. The normalized spacial score (nSPS) is 15.2. The summed E-state index contributed by atoms with van der Waals surface area (Å²) in [6, 6.07) is 11.4. The third kappa shape index (κ3) is 2.75. The Kier molecular flexibility index (Phi) is 4.09. The number of ether oxygens (including phenoxy) is 1. The maximum absolute atomic E-state index is 10.2. The molecule has 7 heteroatoms. The summed E-state index contributed by atoms with van der Waals surface area (Å²) in [5.74, 6) is 0.518. The van der Waals surface area contributed by atoms with Crippen LogP contribution in [0.4, 0.5) is 5.69 Å². The Morgan fingerprint density at radius 2 is 2.16 bits per heavy atom. The lowest BCUT2D eigenvalue weighted by molar-refractivity contribution is 0.316. The second kappa shape index (κ2) is 6.28. The average Bonchev–Trinajstić information content (AvgIpc) is 3.07. The molecule has 1 unspecified atom stereocenters. The summed E-state index contributed by atoms with van der Waals surface area (Å²) >= 11 is 9.56. The molecule has 3 aromatic rings. The summed E-state index contributed by atoms with van der Waals surface area (Å²) in [6.07, 6.45) is 1.53. The molecule has 1 aromatic heterocycles. The van der Waals surface area contributed by atoms with Crippen LogP contribution in [0.1, 0.15) is 18.7 Å². The van der Waals surface area contributed by atoms with Gasteiger partial charge in [0.25, 0.3) is 0 Å². The minimum absolute atomic E-state index is 0.0885. The van der Waals surface area contributed by atoms with Crippen LogP contribution < -0.4 is 10.1 Å². The highest BCUT2D eigenvalue weighted by molar-refractivity contribution is 9.10. The zero-order valence-electron chi connectivity index (χ0n) is 13.3. The molecule has 1 aliphatic heterocycles. The van der Waals surface area contributed by atoms with Crippen molar-refractivity contribution in [2.75, 3.05) is 11.9 Å². The second-order valence-corrected chi connectivity index (χ2v) is 6.97. The zero-order chi connectivity index (χ0) is 17.6. The number of nitrogens with one attached hydrogen (secondary N) is 1. The number of benzene rings is 2. The van der Waals surface area contributed by atoms with Crippen LogP contribution in [0.2, 0.25) is 5.02 Å². The molecule has 0 saturated heterocycles. The Hall–Kier alpha value is -2.18. The molecule has 0 spiro atoms. The maximum Gasteiger partial charge on any atom is 0.172 e. The summed E-state index contributed by atoms with van der Waals surface area (Å²) in [5.41, 5.74) is 3.88. The van der Waals surface area contributed by atoms with E-state index in [1.807, 2.05) is 48.0 Å². The van der Waals surface area contributed by atoms with Crippen molar-refractivity contribution in [3.8, 4) is 22.8 Å². The van der Waals surface area contributed by atoms with Crippen molar-refractivity contribution < 1.29 is 9.84 Å². The van der Waals surface area contributed by atoms with Gasteiger partial charge in [-0.1, -0.05) is 11.6 Å². The van der Waals surface area contributed by atoms with Crippen LogP contribution >= 0.6 is 27.5 Å². The van der Waals surface area contributed by atoms with Crippen molar-refractivity contribution >= 4 is 33.2 Å². The van der Waals surface area contributed by atoms with Crippen molar-refractivity contribution in [3.05, 3.63) is 57.7 Å². The topological polar surface area (TPSA) is 59.3 Å². The second-order valence-electron chi connectivity index (χ2n) is 5.68. The molecule has 2 heterocycles. The van der Waals surface area contributed by atoms with Crippen LogP contribution in [0.3, 0.4) is 0 Å². The third-order valence-electron chi connectivity index (χ3n) is 4.13. The fraction of sp³-hybridized carbons (Fsp3) is 0.167. The monoisotopic (exact) mass is 419 g/mol. The Balaban J connectivity index is 1.85. The van der Waals surface area contributed by atoms with Crippen LogP contribution in [0.15, 0.2) is 47.1 Å². The molecule has 4 rings (SSSR count). The summed E-state index contributed by atoms with van der Waals surface area (Å²) in [7, 11) is 0. The molecule has 0 bridgehead atoms. The SMILES string of the molecule is CCOc1cc(C2Nc3cc(Cl)ccc3-c3ccnn32)cc(Br)c1O. The fourth-order valence-electron chi connectivity index (χ4n) is 3.04. The smallest absolute Gasteiger partial charge is 0.172 e. The number of aromatic nitrogens is 2. The number of phenolic OH excluding ortho intramolecular Hbond substituents is 1. The van der Waals surface area contributed by atoms with E-state index in [9.17, 15) is 5.11 Å². The van der Waals surface area contributed by atoms with Crippen LogP contribution in [-0.4, -0.2) is 21.5 Å². The van der Waals surface area contributed by atoms with Crippen molar-refractivity contribution in [1.29, 1.82) is 0 Å². The van der Waals surface area contributed by atoms with Crippen molar-refractivity contribution in [1.82, 2.24) is 9.78 Å². The first-order valence-electron chi connectivity index (χ1n) is 7.83. The van der Waals surface area contributed by atoms with Gasteiger partial charge < -0.3 is 15.2 Å². The number of halogens is 2. The molecule has 0 amide bonds. The number of phenols is 1. The van der Waals surface area contributed by atoms with E-state index in [0.717, 1.165) is 22.5 Å². The van der Waals surface area contributed by atoms with Gasteiger partial charge in [0.1, 0.15) is 6.17 Å². The number of fused-ring (bicyclic) bond motifs is 3. The van der Waals surface area contributed by atoms with E-state index in [4.69, 9.17) is 16.3 Å². The third-order valence-corrected chi connectivity index (χ3v) is 4.97. The molecule has 0 aliphatic carbocycles. The number of rotatable bonds is 3. The zero-order valence-corrected chi connectivity index (χ0v) is 15.7. The number of hydrogen-bond donors (Lipinski definition) is 2. The first-order valence-corrected chi connectivity index (χ1v) is 9.00. The lowest BCUT2D eigenvalue weighted by Crippen LogP contribution is -2.25. The van der Waals surface area contributed by atoms with E-state index in [2.05, 4.69) is 26.3 Å². The Morgan fingerprint density at radius 1 is 1.32 bits per heavy atom. The minimum atomic E-state index is -0.243. The molecule has 1 atom stereocenters. The molecule has 0 fully saturated rings.